The molecule has 0 saturated carbocycles. The first-order valence-electron chi connectivity index (χ1n) is 12.0. The second kappa shape index (κ2) is 10.1. The number of nitrogens with zero attached hydrogens (tertiary/aromatic N) is 3. The smallest absolute Gasteiger partial charge is 0.297 e. The summed E-state index contributed by atoms with van der Waals surface area (Å²) >= 11 is 0. The van der Waals surface area contributed by atoms with Crippen LogP contribution in [-0.2, 0) is 22.7 Å². The van der Waals surface area contributed by atoms with E-state index < -0.39 is 5.56 Å². The van der Waals surface area contributed by atoms with E-state index in [2.05, 4.69) is 10.3 Å². The van der Waals surface area contributed by atoms with E-state index >= 15 is 0 Å². The van der Waals surface area contributed by atoms with Crippen LogP contribution in [0.3, 0.4) is 0 Å². The summed E-state index contributed by atoms with van der Waals surface area (Å²) in [4.78, 5) is 44.6. The summed E-state index contributed by atoms with van der Waals surface area (Å²) in [5.41, 5.74) is 3.24. The minimum Gasteiger partial charge on any atom is -0.448 e. The van der Waals surface area contributed by atoms with Crippen molar-refractivity contribution >= 4 is 39.6 Å². The molecule has 1 N–H and O–H groups in total. The summed E-state index contributed by atoms with van der Waals surface area (Å²) in [6.07, 6.45) is 1.40. The van der Waals surface area contributed by atoms with E-state index in [9.17, 15) is 14.4 Å². The molecule has 1 unspecified atom stereocenters. The molecule has 186 valence electrons. The van der Waals surface area contributed by atoms with Crippen LogP contribution in [0.15, 0.2) is 94.4 Å². The molecule has 2 heterocycles. The second-order valence-corrected chi connectivity index (χ2v) is 8.94. The molecule has 8 heteroatoms. The number of amides is 2. The Labute approximate surface area is 213 Å². The molecule has 3 aromatic carbocycles. The summed E-state index contributed by atoms with van der Waals surface area (Å²) < 4.78 is 7.05. The molecule has 0 aliphatic rings. The fourth-order valence-electron chi connectivity index (χ4n) is 4.45. The fraction of sp³-hybridized carbons (Fsp3) is 0.172. The average molecular weight is 495 g/mol. The van der Waals surface area contributed by atoms with E-state index in [1.165, 1.54) is 17.8 Å². The first-order chi connectivity index (χ1) is 17.9. The Morgan fingerprint density at radius 3 is 2.57 bits per heavy atom. The van der Waals surface area contributed by atoms with Crippen molar-refractivity contribution in [3.05, 3.63) is 107 Å². The minimum atomic E-state index is -0.408. The zero-order chi connectivity index (χ0) is 25.9. The SMILES string of the molecule is CC(=O)Nc1cccc(C(C)N(Cc2ccccc2)C(=O)Cn2cnc3c(oc4ccccc43)c2=O)c1. The number of nitrogens with one attached hydrogen (secondary N) is 1. The van der Waals surface area contributed by atoms with Gasteiger partial charge in [0.2, 0.25) is 17.4 Å². The van der Waals surface area contributed by atoms with E-state index in [0.29, 0.717) is 23.3 Å². The van der Waals surface area contributed by atoms with Gasteiger partial charge in [-0.05, 0) is 42.3 Å². The third kappa shape index (κ3) is 4.99. The largest absolute Gasteiger partial charge is 0.448 e. The third-order valence-corrected chi connectivity index (χ3v) is 6.33. The van der Waals surface area contributed by atoms with E-state index in [1.54, 1.807) is 17.0 Å². The lowest BCUT2D eigenvalue weighted by Gasteiger charge is -2.30. The van der Waals surface area contributed by atoms with Gasteiger partial charge in [-0.25, -0.2) is 4.98 Å². The van der Waals surface area contributed by atoms with Crippen LogP contribution in [0.4, 0.5) is 5.69 Å². The highest BCUT2D eigenvalue weighted by Gasteiger charge is 2.24. The molecule has 0 bridgehead atoms. The topological polar surface area (TPSA) is 97.4 Å². The van der Waals surface area contributed by atoms with Crippen LogP contribution in [-0.4, -0.2) is 26.3 Å². The lowest BCUT2D eigenvalue weighted by Crippen LogP contribution is -2.38. The Bertz CT molecular complexity index is 1660. The number of furan rings is 1. The highest BCUT2D eigenvalue weighted by atomic mass is 16.3. The molecule has 8 nitrogen and oxygen atoms in total. The van der Waals surface area contributed by atoms with Crippen LogP contribution in [0.5, 0.6) is 0 Å². The highest BCUT2D eigenvalue weighted by Crippen LogP contribution is 2.26. The maximum absolute atomic E-state index is 13.7. The predicted octanol–water partition coefficient (Wildman–Crippen LogP) is 4.89. The van der Waals surface area contributed by atoms with E-state index in [-0.39, 0.29) is 30.0 Å². The molecular formula is C29H26N4O4. The molecule has 0 aliphatic heterocycles. The third-order valence-electron chi connectivity index (χ3n) is 6.33. The van der Waals surface area contributed by atoms with Crippen molar-refractivity contribution in [2.75, 3.05) is 5.32 Å². The Morgan fingerprint density at radius 2 is 1.78 bits per heavy atom. The monoisotopic (exact) mass is 494 g/mol. The van der Waals surface area contributed by atoms with E-state index in [0.717, 1.165) is 16.5 Å². The molecule has 1 atom stereocenters. The molecular weight excluding hydrogens is 468 g/mol. The zero-order valence-electron chi connectivity index (χ0n) is 20.5. The number of rotatable bonds is 7. The van der Waals surface area contributed by atoms with Crippen LogP contribution in [0.1, 0.15) is 31.0 Å². The summed E-state index contributed by atoms with van der Waals surface area (Å²) in [5, 5.41) is 3.54. The number of carbonyl (C=O) groups is 2. The minimum absolute atomic E-state index is 0.127. The predicted molar refractivity (Wildman–Crippen MR) is 142 cm³/mol. The van der Waals surface area contributed by atoms with Crippen LogP contribution in [0.25, 0.3) is 22.1 Å². The number of anilines is 1. The Balaban J connectivity index is 1.48. The van der Waals surface area contributed by atoms with Gasteiger partial charge in [0.05, 0.1) is 12.4 Å². The molecule has 5 aromatic rings. The van der Waals surface area contributed by atoms with Crippen LogP contribution < -0.4 is 10.9 Å². The molecule has 5 rings (SSSR count). The molecule has 0 radical (unpaired) electrons. The van der Waals surface area contributed by atoms with Gasteiger partial charge in [0.15, 0.2) is 0 Å². The molecule has 2 amide bonds. The zero-order valence-corrected chi connectivity index (χ0v) is 20.5. The fourth-order valence-corrected chi connectivity index (χ4v) is 4.45. The van der Waals surface area contributed by atoms with Crippen molar-refractivity contribution in [1.29, 1.82) is 0 Å². The van der Waals surface area contributed by atoms with Crippen molar-refractivity contribution in [1.82, 2.24) is 14.5 Å². The van der Waals surface area contributed by atoms with Gasteiger partial charge in [-0.1, -0.05) is 54.6 Å². The average Bonchev–Trinajstić information content (AvgIpc) is 3.28. The summed E-state index contributed by atoms with van der Waals surface area (Å²) in [6, 6.07) is 24.1. The summed E-state index contributed by atoms with van der Waals surface area (Å²) in [6.45, 7) is 3.53. The van der Waals surface area contributed by atoms with Crippen molar-refractivity contribution in [3.8, 4) is 0 Å². The summed E-state index contributed by atoms with van der Waals surface area (Å²) in [5.74, 6) is -0.421. The molecule has 0 aliphatic carbocycles. The number of carbonyl (C=O) groups excluding carboxylic acids is 2. The molecule has 0 fully saturated rings. The van der Waals surface area contributed by atoms with Crippen molar-refractivity contribution in [3.63, 3.8) is 0 Å². The van der Waals surface area contributed by atoms with E-state index in [1.807, 2.05) is 73.7 Å². The maximum atomic E-state index is 13.7. The Morgan fingerprint density at radius 1 is 1.03 bits per heavy atom. The molecule has 0 saturated heterocycles. The molecule has 2 aromatic heterocycles. The Hall–Kier alpha value is -4.72. The molecule has 0 spiro atoms. The van der Waals surface area contributed by atoms with Gasteiger partial charge in [0.25, 0.3) is 5.56 Å². The number of hydrogen-bond acceptors (Lipinski definition) is 5. The number of aromatic nitrogens is 2. The highest BCUT2D eigenvalue weighted by molar-refractivity contribution is 6.01. The number of fused-ring (bicyclic) bond motifs is 3. The maximum Gasteiger partial charge on any atom is 0.297 e. The van der Waals surface area contributed by atoms with Gasteiger partial charge in [0.1, 0.15) is 17.6 Å². The van der Waals surface area contributed by atoms with Gasteiger partial charge in [-0.15, -0.1) is 0 Å². The number of benzene rings is 3. The van der Waals surface area contributed by atoms with Crippen molar-refractivity contribution < 1.29 is 14.0 Å². The first kappa shape index (κ1) is 24.0. The van der Waals surface area contributed by atoms with Crippen LogP contribution in [0.2, 0.25) is 0 Å². The Kier molecular flexibility index (Phi) is 6.55. The van der Waals surface area contributed by atoms with Crippen LogP contribution >= 0.6 is 0 Å². The van der Waals surface area contributed by atoms with Gasteiger partial charge in [0, 0.05) is 24.5 Å². The van der Waals surface area contributed by atoms with Crippen LogP contribution in [0, 0.1) is 0 Å². The first-order valence-corrected chi connectivity index (χ1v) is 12.0. The van der Waals surface area contributed by atoms with Crippen molar-refractivity contribution in [2.24, 2.45) is 0 Å². The number of para-hydroxylation sites is 1. The normalized spacial score (nSPS) is 11.9. The summed E-state index contributed by atoms with van der Waals surface area (Å²) in [7, 11) is 0. The van der Waals surface area contributed by atoms with Gasteiger partial charge in [-0.2, -0.15) is 0 Å². The quantitative estimate of drug-likeness (QED) is 0.347. The van der Waals surface area contributed by atoms with Gasteiger partial charge in [-0.3, -0.25) is 19.0 Å². The standard InChI is InChI=1S/C29H26N4O4/c1-19(22-11-8-12-23(15-22)31-20(2)34)33(16-21-9-4-3-5-10-21)26(35)17-32-18-30-27-24-13-6-7-14-25(24)37-28(27)29(32)36/h3-15,18-19H,16-17H2,1-2H3,(H,31,34). The van der Waals surface area contributed by atoms with Gasteiger partial charge >= 0.3 is 0 Å². The lowest BCUT2D eigenvalue weighted by molar-refractivity contribution is -0.134. The molecule has 37 heavy (non-hydrogen) atoms. The lowest BCUT2D eigenvalue weighted by atomic mass is 10.0. The van der Waals surface area contributed by atoms with Gasteiger partial charge < -0.3 is 14.6 Å². The number of hydrogen-bond donors (Lipinski definition) is 1. The second-order valence-electron chi connectivity index (χ2n) is 8.94. The van der Waals surface area contributed by atoms with Crippen molar-refractivity contribution in [2.45, 2.75) is 33.0 Å². The van der Waals surface area contributed by atoms with E-state index in [4.69, 9.17) is 4.42 Å².